The van der Waals surface area contributed by atoms with Crippen molar-refractivity contribution in [1.29, 1.82) is 0 Å². The van der Waals surface area contributed by atoms with E-state index < -0.39 is 5.60 Å². The molecular formula is C11H13N3O. The van der Waals surface area contributed by atoms with Gasteiger partial charge in [0.25, 0.3) is 0 Å². The van der Waals surface area contributed by atoms with Crippen LogP contribution in [0.1, 0.15) is 19.7 Å². The van der Waals surface area contributed by atoms with Crippen LogP contribution in [0.25, 0.3) is 11.3 Å². The molecular weight excluding hydrogens is 190 g/mol. The summed E-state index contributed by atoms with van der Waals surface area (Å²) in [5, 5.41) is 9.78. The number of rotatable bonds is 2. The van der Waals surface area contributed by atoms with Gasteiger partial charge in [-0.25, -0.2) is 9.97 Å². The van der Waals surface area contributed by atoms with Gasteiger partial charge in [-0.1, -0.05) is 0 Å². The second-order valence-corrected chi connectivity index (χ2v) is 3.92. The second kappa shape index (κ2) is 3.47. The molecule has 0 aromatic carbocycles. The summed E-state index contributed by atoms with van der Waals surface area (Å²) in [6.45, 7) is 3.34. The fourth-order valence-corrected chi connectivity index (χ4v) is 1.30. The maximum atomic E-state index is 9.78. The maximum absolute atomic E-state index is 9.78. The second-order valence-electron chi connectivity index (χ2n) is 3.92. The largest absolute Gasteiger partial charge is 0.382 e. The fourth-order valence-electron chi connectivity index (χ4n) is 1.30. The summed E-state index contributed by atoms with van der Waals surface area (Å²) in [7, 11) is 0. The van der Waals surface area contributed by atoms with Gasteiger partial charge in [0.2, 0.25) is 0 Å². The molecule has 2 aromatic heterocycles. The Kier molecular flexibility index (Phi) is 2.28. The average Bonchev–Trinajstić information content (AvgIpc) is 2.69. The summed E-state index contributed by atoms with van der Waals surface area (Å²) < 4.78 is 0. The third-order valence-electron chi connectivity index (χ3n) is 2.10. The summed E-state index contributed by atoms with van der Waals surface area (Å²) in [6.07, 6.45) is 5.35. The number of aliphatic hydroxyl groups is 1. The lowest BCUT2D eigenvalue weighted by atomic mass is 10.1. The van der Waals surface area contributed by atoms with Gasteiger partial charge in [-0.3, -0.25) is 0 Å². The standard InChI is InChI=1S/C11H13N3O/c1-11(2,15)10-13-6-4-9(14-10)8-3-5-12-7-8/h3-7,12,15H,1-2H3. The minimum atomic E-state index is -1.01. The summed E-state index contributed by atoms with van der Waals surface area (Å²) in [5.41, 5.74) is 0.790. The number of nitrogens with zero attached hydrogens (tertiary/aromatic N) is 2. The van der Waals surface area contributed by atoms with Gasteiger partial charge in [0.05, 0.1) is 5.69 Å². The molecule has 0 spiro atoms. The third-order valence-corrected chi connectivity index (χ3v) is 2.10. The molecule has 2 heterocycles. The molecule has 0 aliphatic heterocycles. The SMILES string of the molecule is CC(C)(O)c1nccc(-c2cc[nH]c2)n1. The highest BCUT2D eigenvalue weighted by molar-refractivity contribution is 5.57. The zero-order valence-corrected chi connectivity index (χ0v) is 8.73. The summed E-state index contributed by atoms with van der Waals surface area (Å²) in [4.78, 5) is 11.3. The van der Waals surface area contributed by atoms with Crippen LogP contribution >= 0.6 is 0 Å². The average molecular weight is 203 g/mol. The smallest absolute Gasteiger partial charge is 0.160 e. The van der Waals surface area contributed by atoms with Crippen LogP contribution in [0.4, 0.5) is 0 Å². The quantitative estimate of drug-likeness (QED) is 0.780. The molecule has 0 aliphatic rings. The monoisotopic (exact) mass is 203 g/mol. The van der Waals surface area contributed by atoms with Crippen LogP contribution in [0, 0.1) is 0 Å². The molecule has 2 aromatic rings. The van der Waals surface area contributed by atoms with Gasteiger partial charge in [0.1, 0.15) is 5.60 Å². The predicted molar refractivity (Wildman–Crippen MR) is 57.1 cm³/mol. The van der Waals surface area contributed by atoms with Crippen LogP contribution in [0.3, 0.4) is 0 Å². The van der Waals surface area contributed by atoms with Crippen LogP contribution in [0.2, 0.25) is 0 Å². The van der Waals surface area contributed by atoms with Crippen molar-refractivity contribution in [3.05, 3.63) is 36.5 Å². The predicted octanol–water partition coefficient (Wildman–Crippen LogP) is 1.70. The zero-order valence-electron chi connectivity index (χ0n) is 8.73. The first-order chi connectivity index (χ1) is 7.07. The van der Waals surface area contributed by atoms with Crippen LogP contribution in [0.15, 0.2) is 30.7 Å². The number of hydrogen-bond donors (Lipinski definition) is 2. The highest BCUT2D eigenvalue weighted by Crippen LogP contribution is 2.19. The van der Waals surface area contributed by atoms with Crippen molar-refractivity contribution in [3.63, 3.8) is 0 Å². The van der Waals surface area contributed by atoms with Crippen molar-refractivity contribution in [2.45, 2.75) is 19.4 Å². The lowest BCUT2D eigenvalue weighted by molar-refractivity contribution is 0.0688. The third kappa shape index (κ3) is 2.05. The molecule has 2 rings (SSSR count). The molecule has 0 saturated heterocycles. The summed E-state index contributed by atoms with van der Waals surface area (Å²) >= 11 is 0. The van der Waals surface area contributed by atoms with Gasteiger partial charge in [-0.2, -0.15) is 0 Å². The van der Waals surface area contributed by atoms with Crippen molar-refractivity contribution in [1.82, 2.24) is 15.0 Å². The molecule has 0 unspecified atom stereocenters. The number of aromatic amines is 1. The van der Waals surface area contributed by atoms with E-state index in [9.17, 15) is 5.11 Å². The van der Waals surface area contributed by atoms with E-state index in [1.807, 2.05) is 24.5 Å². The van der Waals surface area contributed by atoms with Crippen LogP contribution in [-0.2, 0) is 5.60 Å². The molecule has 0 fully saturated rings. The molecule has 4 heteroatoms. The molecule has 4 nitrogen and oxygen atoms in total. The Hall–Kier alpha value is -1.68. The Morgan fingerprint density at radius 3 is 2.73 bits per heavy atom. The maximum Gasteiger partial charge on any atom is 0.160 e. The fraction of sp³-hybridized carbons (Fsp3) is 0.273. The Balaban J connectivity index is 2.44. The molecule has 0 bridgehead atoms. The molecule has 2 N–H and O–H groups in total. The summed E-state index contributed by atoms with van der Waals surface area (Å²) in [5.74, 6) is 0.432. The normalized spacial score (nSPS) is 11.7. The first-order valence-electron chi connectivity index (χ1n) is 4.76. The van der Waals surface area contributed by atoms with E-state index in [-0.39, 0.29) is 0 Å². The van der Waals surface area contributed by atoms with E-state index in [2.05, 4.69) is 15.0 Å². The van der Waals surface area contributed by atoms with E-state index >= 15 is 0 Å². The van der Waals surface area contributed by atoms with E-state index in [4.69, 9.17) is 0 Å². The van der Waals surface area contributed by atoms with Gasteiger partial charge in [0, 0.05) is 24.2 Å². The number of hydrogen-bond acceptors (Lipinski definition) is 3. The van der Waals surface area contributed by atoms with Gasteiger partial charge in [-0.05, 0) is 26.0 Å². The Bertz CT molecular complexity index is 443. The molecule has 78 valence electrons. The van der Waals surface area contributed by atoms with E-state index in [0.29, 0.717) is 5.82 Å². The van der Waals surface area contributed by atoms with Crippen molar-refractivity contribution in [2.75, 3.05) is 0 Å². The Labute approximate surface area is 88.0 Å². The highest BCUT2D eigenvalue weighted by atomic mass is 16.3. The lowest BCUT2D eigenvalue weighted by Crippen LogP contribution is -2.19. The van der Waals surface area contributed by atoms with Crippen LogP contribution in [0.5, 0.6) is 0 Å². The number of nitrogens with one attached hydrogen (secondary N) is 1. The van der Waals surface area contributed by atoms with E-state index in [1.54, 1.807) is 20.0 Å². The molecule has 0 aliphatic carbocycles. The first kappa shape index (κ1) is 9.86. The Morgan fingerprint density at radius 1 is 1.33 bits per heavy atom. The highest BCUT2D eigenvalue weighted by Gasteiger charge is 2.19. The van der Waals surface area contributed by atoms with Crippen LogP contribution in [-0.4, -0.2) is 20.1 Å². The topological polar surface area (TPSA) is 61.8 Å². The molecule has 0 amide bonds. The van der Waals surface area contributed by atoms with Crippen molar-refractivity contribution < 1.29 is 5.11 Å². The molecule has 15 heavy (non-hydrogen) atoms. The first-order valence-corrected chi connectivity index (χ1v) is 4.76. The molecule has 0 saturated carbocycles. The lowest BCUT2D eigenvalue weighted by Gasteiger charge is -2.15. The minimum absolute atomic E-state index is 0.432. The summed E-state index contributed by atoms with van der Waals surface area (Å²) in [6, 6.07) is 3.74. The minimum Gasteiger partial charge on any atom is -0.382 e. The van der Waals surface area contributed by atoms with Gasteiger partial charge in [0.15, 0.2) is 5.82 Å². The van der Waals surface area contributed by atoms with Crippen molar-refractivity contribution in [2.24, 2.45) is 0 Å². The van der Waals surface area contributed by atoms with Crippen molar-refractivity contribution >= 4 is 0 Å². The number of aromatic nitrogens is 3. The number of H-pyrrole nitrogens is 1. The molecule has 0 radical (unpaired) electrons. The van der Waals surface area contributed by atoms with Gasteiger partial charge in [-0.15, -0.1) is 0 Å². The van der Waals surface area contributed by atoms with E-state index in [0.717, 1.165) is 11.3 Å². The molecule has 0 atom stereocenters. The van der Waals surface area contributed by atoms with Crippen LogP contribution < -0.4 is 0 Å². The van der Waals surface area contributed by atoms with Gasteiger partial charge < -0.3 is 10.1 Å². The van der Waals surface area contributed by atoms with Crippen molar-refractivity contribution in [3.8, 4) is 11.3 Å². The Morgan fingerprint density at radius 2 is 2.13 bits per heavy atom. The van der Waals surface area contributed by atoms with Gasteiger partial charge >= 0.3 is 0 Å². The zero-order chi connectivity index (χ0) is 10.9. The van der Waals surface area contributed by atoms with E-state index in [1.165, 1.54) is 0 Å².